The molecule has 0 saturated carbocycles. The fraction of sp³-hybridized carbons (Fsp3) is 0.396. The number of benzene rings is 4. The average molecular weight is 820 g/mol. The molecule has 0 N–H and O–H groups in total. The van der Waals surface area contributed by atoms with Crippen LogP contribution in [0.3, 0.4) is 0 Å². The summed E-state index contributed by atoms with van der Waals surface area (Å²) in [4.78, 5) is 0. The van der Waals surface area contributed by atoms with Crippen molar-refractivity contribution in [1.29, 1.82) is 0 Å². The molecule has 0 nitrogen and oxygen atoms in total. The van der Waals surface area contributed by atoms with E-state index in [-0.39, 0.29) is 58.9 Å². The second-order valence-electron chi connectivity index (χ2n) is 16.5. The molecule has 0 fully saturated rings. The van der Waals surface area contributed by atoms with Gasteiger partial charge in [0.1, 0.15) is 8.07 Å². The van der Waals surface area contributed by atoms with Gasteiger partial charge in [-0.1, -0.05) is 184 Å². The van der Waals surface area contributed by atoms with Gasteiger partial charge in [0.2, 0.25) is 0 Å². The zero-order valence-corrected chi connectivity index (χ0v) is 38.9. The molecular formula is C48H61Cl3SiTi. The van der Waals surface area contributed by atoms with E-state index in [4.69, 9.17) is 0 Å². The average Bonchev–Trinajstić information content (AvgIpc) is 3.53. The molecule has 0 amide bonds. The van der Waals surface area contributed by atoms with E-state index in [1.165, 1.54) is 65.3 Å². The van der Waals surface area contributed by atoms with Crippen LogP contribution < -0.4 is 58.0 Å². The molecule has 0 bridgehead atoms. The number of rotatable bonds is 12. The van der Waals surface area contributed by atoms with Crippen molar-refractivity contribution in [3.8, 4) is 0 Å². The Morgan fingerprint density at radius 3 is 1.00 bits per heavy atom. The largest absolute Gasteiger partial charge is 4.00 e. The summed E-state index contributed by atoms with van der Waals surface area (Å²) in [6.07, 6.45) is 0.931. The molecule has 0 spiro atoms. The van der Waals surface area contributed by atoms with E-state index in [1.54, 1.807) is 0 Å². The van der Waals surface area contributed by atoms with E-state index < -0.39 is 8.07 Å². The Kier molecular flexibility index (Phi) is 19.3. The van der Waals surface area contributed by atoms with Gasteiger partial charge in [0.25, 0.3) is 0 Å². The molecule has 0 unspecified atom stereocenters. The third kappa shape index (κ3) is 10.7. The quantitative estimate of drug-likeness (QED) is 0.103. The van der Waals surface area contributed by atoms with Gasteiger partial charge >= 0.3 is 21.7 Å². The van der Waals surface area contributed by atoms with E-state index in [0.717, 1.165) is 6.42 Å². The summed E-state index contributed by atoms with van der Waals surface area (Å²) in [5.74, 6) is 2.63. The third-order valence-corrected chi connectivity index (χ3v) is 15.5. The van der Waals surface area contributed by atoms with Gasteiger partial charge < -0.3 is 37.2 Å². The van der Waals surface area contributed by atoms with Gasteiger partial charge in [0.15, 0.2) is 0 Å². The molecule has 5 aromatic carbocycles. The zero-order chi connectivity index (χ0) is 35.6. The van der Waals surface area contributed by atoms with E-state index in [2.05, 4.69) is 186 Å². The Hall–Kier alpha value is -1.97. The second kappa shape index (κ2) is 20.8. The van der Waals surface area contributed by atoms with Gasteiger partial charge in [-0.2, -0.15) is 11.6 Å². The van der Waals surface area contributed by atoms with Crippen LogP contribution in [0.2, 0.25) is 0 Å². The minimum Gasteiger partial charge on any atom is -1.00 e. The molecule has 0 atom stereocenters. The molecule has 282 valence electrons. The molecule has 5 heteroatoms. The molecule has 53 heavy (non-hydrogen) atoms. The summed E-state index contributed by atoms with van der Waals surface area (Å²) in [7, 11) is -2.91. The van der Waals surface area contributed by atoms with Crippen LogP contribution in [0.4, 0.5) is 0 Å². The van der Waals surface area contributed by atoms with E-state index in [1.807, 2.05) is 0 Å². The van der Waals surface area contributed by atoms with Crippen LogP contribution in [-0.4, -0.2) is 8.07 Å². The van der Waals surface area contributed by atoms with Crippen molar-refractivity contribution < 1.29 is 58.9 Å². The zero-order valence-electron chi connectivity index (χ0n) is 34.1. The minimum atomic E-state index is -2.91. The fourth-order valence-corrected chi connectivity index (χ4v) is 12.7. The summed E-state index contributed by atoms with van der Waals surface area (Å²) in [6, 6.07) is 41.6. The van der Waals surface area contributed by atoms with Gasteiger partial charge in [0, 0.05) is 0 Å². The molecule has 0 aliphatic carbocycles. The molecule has 0 aromatic heterocycles. The van der Waals surface area contributed by atoms with Crippen molar-refractivity contribution in [3.05, 3.63) is 148 Å². The Labute approximate surface area is 357 Å². The molecule has 0 aliphatic heterocycles. The molecular weight excluding hydrogens is 759 g/mol. The van der Waals surface area contributed by atoms with Crippen molar-refractivity contribution in [2.75, 3.05) is 0 Å². The third-order valence-electron chi connectivity index (χ3n) is 10.8. The van der Waals surface area contributed by atoms with Crippen LogP contribution in [0.1, 0.15) is 163 Å². The standard InChI is InChI=1S/C48H61Si.3ClH.Ti/c1-31(2)39-22-40(32(3)4)26-45(25-39)49(46-27-41(33(5)6)23-42(28-46)34(7)8,47-29-43(35(9)10)24-44(30-47)36(11)12)48-20-16-19-38(48)21-37-17-14-13-15-18-37;;;;/h13-20,22-36H,21H2,1-12H3;3*1H;/q-1;;;;+4/p-3. The maximum Gasteiger partial charge on any atom is 4.00 e. The SMILES string of the molecule is CC(C)c1cc(C(C)C)cc([Si](c2cc(C(C)C)cc(C(C)C)c2)(c2cc(C(C)C)cc(C(C)C)c2)[c-]2cccc2Cc2ccccc2)c1.[Cl-].[Cl-].[Cl-].[Ti+4]. The van der Waals surface area contributed by atoms with Crippen molar-refractivity contribution >= 4 is 28.8 Å². The number of hydrogen-bond donors (Lipinski definition) is 0. The molecule has 0 heterocycles. The van der Waals surface area contributed by atoms with Crippen LogP contribution in [0.25, 0.3) is 0 Å². The number of halogens is 3. The van der Waals surface area contributed by atoms with E-state index in [9.17, 15) is 0 Å². The van der Waals surface area contributed by atoms with Crippen LogP contribution >= 0.6 is 0 Å². The Bertz CT molecular complexity index is 1640. The van der Waals surface area contributed by atoms with Crippen molar-refractivity contribution in [1.82, 2.24) is 0 Å². The van der Waals surface area contributed by atoms with E-state index >= 15 is 0 Å². The summed E-state index contributed by atoms with van der Waals surface area (Å²) >= 11 is 0. The topological polar surface area (TPSA) is 0 Å². The van der Waals surface area contributed by atoms with Crippen molar-refractivity contribution in [2.45, 2.75) is 125 Å². The normalized spacial score (nSPS) is 11.5. The summed E-state index contributed by atoms with van der Waals surface area (Å²) in [5, 5.41) is 6.11. The first-order valence-corrected chi connectivity index (χ1v) is 21.0. The summed E-state index contributed by atoms with van der Waals surface area (Å²) < 4.78 is 0. The first-order valence-electron chi connectivity index (χ1n) is 19.0. The van der Waals surface area contributed by atoms with E-state index in [0.29, 0.717) is 35.5 Å². The van der Waals surface area contributed by atoms with Crippen molar-refractivity contribution in [3.63, 3.8) is 0 Å². The minimum absolute atomic E-state index is 0. The Morgan fingerprint density at radius 1 is 0.415 bits per heavy atom. The first-order chi connectivity index (χ1) is 23.2. The fourth-order valence-electron chi connectivity index (χ4n) is 7.44. The van der Waals surface area contributed by atoms with Gasteiger partial charge in [-0.25, -0.2) is 12.1 Å². The molecule has 5 aromatic rings. The molecule has 0 saturated heterocycles. The van der Waals surface area contributed by atoms with Gasteiger partial charge in [-0.05, 0) is 80.9 Å². The smallest absolute Gasteiger partial charge is 1.00 e. The predicted octanol–water partition coefficient (Wildman–Crippen LogP) is 2.12. The summed E-state index contributed by atoms with van der Waals surface area (Å²) in [5.41, 5.74) is 11.5. The summed E-state index contributed by atoms with van der Waals surface area (Å²) in [6.45, 7) is 28.4. The Morgan fingerprint density at radius 2 is 0.717 bits per heavy atom. The second-order valence-corrected chi connectivity index (χ2v) is 20.2. The monoisotopic (exact) mass is 818 g/mol. The maximum atomic E-state index is 2.62. The van der Waals surface area contributed by atoms with Gasteiger partial charge in [0.05, 0.1) is 0 Å². The predicted molar refractivity (Wildman–Crippen MR) is 219 cm³/mol. The van der Waals surface area contributed by atoms with Crippen molar-refractivity contribution in [2.24, 2.45) is 0 Å². The maximum absolute atomic E-state index is 2.91. The number of hydrogen-bond acceptors (Lipinski definition) is 0. The van der Waals surface area contributed by atoms with Gasteiger partial charge in [-0.3, -0.25) is 0 Å². The molecule has 0 radical (unpaired) electrons. The van der Waals surface area contributed by atoms with Crippen LogP contribution in [0, 0.1) is 0 Å². The van der Waals surface area contributed by atoms with Crippen LogP contribution in [-0.2, 0) is 28.1 Å². The molecule has 5 rings (SSSR count). The molecule has 0 aliphatic rings. The first kappa shape index (κ1) is 49.1. The Balaban J connectivity index is 0.00000351. The van der Waals surface area contributed by atoms with Crippen LogP contribution in [0.15, 0.2) is 103 Å². The van der Waals surface area contributed by atoms with Gasteiger partial charge in [-0.15, -0.1) is 5.19 Å². The van der Waals surface area contributed by atoms with Crippen LogP contribution in [0.5, 0.6) is 0 Å².